The van der Waals surface area contributed by atoms with Crippen molar-refractivity contribution in [2.75, 3.05) is 6.54 Å². The minimum absolute atomic E-state index is 0. The van der Waals surface area contributed by atoms with Gasteiger partial charge in [0.2, 0.25) is 10.0 Å². The summed E-state index contributed by atoms with van der Waals surface area (Å²) in [5, 5.41) is 10.3. The zero-order valence-corrected chi connectivity index (χ0v) is 18.7. The van der Waals surface area contributed by atoms with Gasteiger partial charge in [0, 0.05) is 30.7 Å². The van der Waals surface area contributed by atoms with E-state index in [4.69, 9.17) is 5.11 Å². The normalized spacial score (nSPS) is 12.3. The van der Waals surface area contributed by atoms with Crippen molar-refractivity contribution in [3.8, 4) is 0 Å². The first-order valence-corrected chi connectivity index (χ1v) is 11.5. The molecule has 0 amide bonds. The molecule has 0 saturated heterocycles. The van der Waals surface area contributed by atoms with Gasteiger partial charge in [-0.15, -0.1) is 12.4 Å². The van der Waals surface area contributed by atoms with Crippen LogP contribution in [0.4, 0.5) is 0 Å². The van der Waals surface area contributed by atoms with Crippen molar-refractivity contribution >= 4 is 39.2 Å². The van der Waals surface area contributed by atoms with E-state index in [2.05, 4.69) is 9.71 Å². The molecule has 2 N–H and O–H groups in total. The molecule has 0 aliphatic rings. The van der Waals surface area contributed by atoms with E-state index in [9.17, 15) is 13.2 Å². The van der Waals surface area contributed by atoms with E-state index >= 15 is 0 Å². The van der Waals surface area contributed by atoms with Crippen LogP contribution >= 0.6 is 12.4 Å². The highest BCUT2D eigenvalue weighted by molar-refractivity contribution is 7.89. The second-order valence-electron chi connectivity index (χ2n) is 7.31. The maximum Gasteiger partial charge on any atom is 0.303 e. The van der Waals surface area contributed by atoms with Crippen LogP contribution in [-0.4, -0.2) is 31.0 Å². The fraction of sp³-hybridized carbons (Fsp3) is 0.304. The highest BCUT2D eigenvalue weighted by Crippen LogP contribution is 2.25. The van der Waals surface area contributed by atoms with Crippen LogP contribution in [0.15, 0.2) is 71.9 Å². The maximum absolute atomic E-state index is 13.0. The molecule has 3 rings (SSSR count). The number of rotatable bonds is 11. The van der Waals surface area contributed by atoms with Crippen LogP contribution in [0.2, 0.25) is 0 Å². The molecular formula is C23H27ClN2O4S. The summed E-state index contributed by atoms with van der Waals surface area (Å²) in [7, 11) is -3.68. The Morgan fingerprint density at radius 1 is 1.00 bits per heavy atom. The summed E-state index contributed by atoms with van der Waals surface area (Å²) in [6, 6.07) is 16.5. The molecule has 3 aromatic rings. The van der Waals surface area contributed by atoms with Gasteiger partial charge in [0.1, 0.15) is 0 Å². The summed E-state index contributed by atoms with van der Waals surface area (Å²) in [5.41, 5.74) is 0.969. The summed E-state index contributed by atoms with van der Waals surface area (Å²) < 4.78 is 28.9. The number of aromatic nitrogens is 1. The molecule has 0 aliphatic heterocycles. The molecule has 1 aromatic heterocycles. The number of carbonyl (C=O) groups is 1. The minimum Gasteiger partial charge on any atom is -0.481 e. The lowest BCUT2D eigenvalue weighted by atomic mass is 9.94. The van der Waals surface area contributed by atoms with Gasteiger partial charge in [0.05, 0.1) is 4.90 Å². The summed E-state index contributed by atoms with van der Waals surface area (Å²) >= 11 is 0. The van der Waals surface area contributed by atoms with Gasteiger partial charge < -0.3 is 5.11 Å². The van der Waals surface area contributed by atoms with E-state index in [0.717, 1.165) is 30.2 Å². The molecule has 0 spiro atoms. The van der Waals surface area contributed by atoms with Crippen LogP contribution in [0.3, 0.4) is 0 Å². The van der Waals surface area contributed by atoms with Gasteiger partial charge in [-0.05, 0) is 41.8 Å². The molecule has 2 aromatic carbocycles. The largest absolute Gasteiger partial charge is 0.481 e. The number of pyridine rings is 1. The van der Waals surface area contributed by atoms with Crippen LogP contribution < -0.4 is 4.72 Å². The Balaban J connectivity index is 0.00000341. The quantitative estimate of drug-likeness (QED) is 0.401. The Morgan fingerprint density at radius 2 is 1.77 bits per heavy atom. The average Bonchev–Trinajstić information content (AvgIpc) is 2.75. The molecule has 0 aliphatic carbocycles. The third-order valence-corrected chi connectivity index (χ3v) is 6.64. The smallest absolute Gasteiger partial charge is 0.303 e. The first-order chi connectivity index (χ1) is 14.5. The number of aliphatic carboxylic acids is 1. The van der Waals surface area contributed by atoms with E-state index in [-0.39, 0.29) is 36.2 Å². The number of hydrogen-bond donors (Lipinski definition) is 2. The molecule has 0 fully saturated rings. The third kappa shape index (κ3) is 7.02. The number of sulfonamides is 1. The zero-order valence-electron chi connectivity index (χ0n) is 17.1. The summed E-state index contributed by atoms with van der Waals surface area (Å²) in [5.74, 6) is -0.824. The third-order valence-electron chi connectivity index (χ3n) is 5.16. The summed E-state index contributed by atoms with van der Waals surface area (Å²) in [4.78, 5) is 15.1. The van der Waals surface area contributed by atoms with Crippen LogP contribution in [0.25, 0.3) is 10.8 Å². The van der Waals surface area contributed by atoms with Crippen LogP contribution in [-0.2, 0) is 14.8 Å². The first kappa shape index (κ1) is 24.8. The fourth-order valence-electron chi connectivity index (χ4n) is 3.57. The molecule has 0 radical (unpaired) electrons. The minimum atomic E-state index is -3.68. The Morgan fingerprint density at radius 3 is 2.52 bits per heavy atom. The number of halogens is 1. The maximum atomic E-state index is 13.0. The lowest BCUT2D eigenvalue weighted by molar-refractivity contribution is -0.137. The molecule has 166 valence electrons. The zero-order chi connectivity index (χ0) is 21.4. The van der Waals surface area contributed by atoms with Gasteiger partial charge >= 0.3 is 5.97 Å². The van der Waals surface area contributed by atoms with Gasteiger partial charge in [-0.25, -0.2) is 13.1 Å². The Labute approximate surface area is 189 Å². The standard InChI is InChI=1S/C23H26N2O4S.ClH/c26-23(27)14-3-1-2-9-20(19-11-7-15-24-16-19)17-25-30(28,29)22-13-6-10-18-8-4-5-12-21(18)22;/h4-8,10-13,15-16,20,25H,1-3,9,14,17H2,(H,26,27);1H. The fourth-order valence-corrected chi connectivity index (χ4v) is 4.88. The molecule has 8 heteroatoms. The van der Waals surface area contributed by atoms with Gasteiger partial charge in [-0.3, -0.25) is 9.78 Å². The van der Waals surface area contributed by atoms with Crippen LogP contribution in [0.5, 0.6) is 0 Å². The van der Waals surface area contributed by atoms with Gasteiger partial charge in [-0.2, -0.15) is 0 Å². The average molecular weight is 463 g/mol. The number of nitrogens with one attached hydrogen (secondary N) is 1. The van der Waals surface area contributed by atoms with Crippen LogP contribution in [0.1, 0.15) is 43.6 Å². The number of carboxylic acid groups (broad SMARTS) is 1. The van der Waals surface area contributed by atoms with E-state index in [1.54, 1.807) is 24.5 Å². The number of hydrogen-bond acceptors (Lipinski definition) is 4. The van der Waals surface area contributed by atoms with Gasteiger partial charge in [0.15, 0.2) is 0 Å². The molecule has 31 heavy (non-hydrogen) atoms. The molecule has 1 unspecified atom stereocenters. The lowest BCUT2D eigenvalue weighted by Crippen LogP contribution is -2.29. The highest BCUT2D eigenvalue weighted by Gasteiger charge is 2.20. The monoisotopic (exact) mass is 462 g/mol. The number of unbranched alkanes of at least 4 members (excludes halogenated alkanes) is 2. The molecule has 0 saturated carbocycles. The Bertz CT molecular complexity index is 1090. The predicted molar refractivity (Wildman–Crippen MR) is 124 cm³/mol. The molecule has 1 heterocycles. The lowest BCUT2D eigenvalue weighted by Gasteiger charge is -2.18. The van der Waals surface area contributed by atoms with Crippen molar-refractivity contribution in [1.29, 1.82) is 0 Å². The number of carboxylic acids is 1. The molecule has 0 bridgehead atoms. The van der Waals surface area contributed by atoms with E-state index in [0.29, 0.717) is 11.8 Å². The van der Waals surface area contributed by atoms with Crippen molar-refractivity contribution in [2.45, 2.75) is 42.9 Å². The highest BCUT2D eigenvalue weighted by atomic mass is 35.5. The van der Waals surface area contributed by atoms with Crippen molar-refractivity contribution in [2.24, 2.45) is 0 Å². The van der Waals surface area contributed by atoms with Crippen LogP contribution in [0, 0.1) is 0 Å². The summed E-state index contributed by atoms with van der Waals surface area (Å²) in [6.45, 7) is 0.260. The Hall–Kier alpha value is -2.48. The molecule has 1 atom stereocenters. The van der Waals surface area contributed by atoms with E-state index in [1.165, 1.54) is 0 Å². The van der Waals surface area contributed by atoms with Gasteiger partial charge in [0.25, 0.3) is 0 Å². The predicted octanol–water partition coefficient (Wildman–Crippen LogP) is 4.75. The second-order valence-corrected chi connectivity index (χ2v) is 9.04. The van der Waals surface area contributed by atoms with Crippen molar-refractivity contribution in [3.63, 3.8) is 0 Å². The van der Waals surface area contributed by atoms with Crippen molar-refractivity contribution < 1.29 is 18.3 Å². The summed E-state index contributed by atoms with van der Waals surface area (Å²) in [6.07, 6.45) is 6.59. The number of nitrogens with zero attached hydrogens (tertiary/aromatic N) is 1. The number of fused-ring (bicyclic) bond motifs is 1. The van der Waals surface area contributed by atoms with E-state index < -0.39 is 16.0 Å². The SMILES string of the molecule is Cl.O=C(O)CCCCCC(CNS(=O)(=O)c1cccc2ccccc12)c1cccnc1. The Kier molecular flexibility index (Phi) is 9.43. The first-order valence-electron chi connectivity index (χ1n) is 10.1. The second kappa shape index (κ2) is 11.8. The van der Waals surface area contributed by atoms with Gasteiger partial charge in [-0.1, -0.05) is 55.3 Å². The van der Waals surface area contributed by atoms with Crippen molar-refractivity contribution in [1.82, 2.24) is 9.71 Å². The molecular weight excluding hydrogens is 436 g/mol. The molecule has 6 nitrogen and oxygen atoms in total. The van der Waals surface area contributed by atoms with E-state index in [1.807, 2.05) is 42.5 Å². The van der Waals surface area contributed by atoms with Crippen molar-refractivity contribution in [3.05, 3.63) is 72.6 Å². The topological polar surface area (TPSA) is 96.4 Å². The number of benzene rings is 2.